The van der Waals surface area contributed by atoms with E-state index in [4.69, 9.17) is 0 Å². The maximum Gasteiger partial charge on any atom is 0.417 e. The second kappa shape index (κ2) is 13.9. The van der Waals surface area contributed by atoms with Crippen molar-refractivity contribution >= 4 is 43.6 Å². The summed E-state index contributed by atoms with van der Waals surface area (Å²) in [4.78, 5) is 0. The quantitative estimate of drug-likeness (QED) is 0.174. The molecule has 0 aliphatic rings. The lowest BCUT2D eigenvalue weighted by molar-refractivity contribution is -0.137. The van der Waals surface area contributed by atoms with Crippen LogP contribution in [0.5, 0.6) is 0 Å². The normalized spacial score (nSPS) is 11.5. The fourth-order valence-electron chi connectivity index (χ4n) is 8.51. The average Bonchev–Trinajstić information content (AvgIpc) is 3.80. The number of benzene rings is 8. The third-order valence-electron chi connectivity index (χ3n) is 11.3. The van der Waals surface area contributed by atoms with Crippen LogP contribution in [0.4, 0.5) is 13.2 Å². The van der Waals surface area contributed by atoms with Gasteiger partial charge >= 0.3 is 6.18 Å². The Morgan fingerprint density at radius 2 is 0.817 bits per heavy atom. The zero-order valence-electron chi connectivity index (χ0n) is 31.5. The molecule has 0 saturated carbocycles. The first-order valence-electron chi connectivity index (χ1n) is 19.1. The van der Waals surface area contributed by atoms with Crippen LogP contribution in [-0.4, -0.2) is 9.13 Å². The number of halogens is 3. The molecule has 0 fully saturated rings. The molecule has 0 bridgehead atoms. The van der Waals surface area contributed by atoms with Crippen molar-refractivity contribution in [1.82, 2.24) is 9.13 Å². The highest BCUT2D eigenvalue weighted by molar-refractivity contribution is 6.13. The number of nitrogens with zero attached hydrogens (tertiary/aromatic N) is 5. The molecule has 2 heterocycles. The second-order valence-corrected chi connectivity index (χ2v) is 14.6. The third-order valence-corrected chi connectivity index (χ3v) is 11.3. The maximum atomic E-state index is 14.8. The summed E-state index contributed by atoms with van der Waals surface area (Å²) < 4.78 is 48.5. The molecule has 10 aromatic rings. The van der Waals surface area contributed by atoms with Crippen LogP contribution in [-0.2, 0) is 6.18 Å². The molecule has 0 amide bonds. The van der Waals surface area contributed by atoms with Crippen molar-refractivity contribution in [1.29, 1.82) is 15.8 Å². The highest BCUT2D eigenvalue weighted by atomic mass is 19.4. The highest BCUT2D eigenvalue weighted by Gasteiger charge is 2.34. The largest absolute Gasteiger partial charge is 0.417 e. The van der Waals surface area contributed by atoms with Crippen LogP contribution in [0.3, 0.4) is 0 Å². The van der Waals surface area contributed by atoms with E-state index in [1.807, 2.05) is 84.9 Å². The predicted octanol–water partition coefficient (Wildman–Crippen LogP) is 13.5. The van der Waals surface area contributed by atoms with Gasteiger partial charge in [0, 0.05) is 27.1 Å². The van der Waals surface area contributed by atoms with Crippen molar-refractivity contribution in [3.8, 4) is 63.0 Å². The van der Waals surface area contributed by atoms with E-state index in [-0.39, 0.29) is 16.7 Å². The Kier molecular flexibility index (Phi) is 8.35. The van der Waals surface area contributed by atoms with E-state index >= 15 is 0 Å². The van der Waals surface area contributed by atoms with E-state index in [0.29, 0.717) is 22.5 Å². The molecule has 0 radical (unpaired) electrons. The molecule has 60 heavy (non-hydrogen) atoms. The van der Waals surface area contributed by atoms with Gasteiger partial charge in [-0.3, -0.25) is 0 Å². The monoisotopic (exact) mass is 779 g/mol. The van der Waals surface area contributed by atoms with Gasteiger partial charge in [0.25, 0.3) is 0 Å². The van der Waals surface area contributed by atoms with E-state index in [1.165, 1.54) is 12.1 Å². The number of hydrogen-bond donors (Lipinski definition) is 0. The first-order chi connectivity index (χ1) is 29.2. The predicted molar refractivity (Wildman–Crippen MR) is 231 cm³/mol. The number of para-hydroxylation sites is 2. The smallest absolute Gasteiger partial charge is 0.307 e. The van der Waals surface area contributed by atoms with Crippen molar-refractivity contribution in [3.05, 3.63) is 192 Å². The summed E-state index contributed by atoms with van der Waals surface area (Å²) in [6, 6.07) is 58.4. The molecule has 0 N–H and O–H groups in total. The van der Waals surface area contributed by atoms with E-state index < -0.39 is 11.7 Å². The Hall–Kier alpha value is -8.38. The molecular formula is C52H28F3N5. The summed E-state index contributed by atoms with van der Waals surface area (Å²) in [7, 11) is 0. The van der Waals surface area contributed by atoms with E-state index in [0.717, 1.165) is 71.9 Å². The van der Waals surface area contributed by atoms with Gasteiger partial charge in [-0.2, -0.15) is 29.0 Å². The number of hydrogen-bond acceptors (Lipinski definition) is 3. The number of aromatic nitrogens is 2. The van der Waals surface area contributed by atoms with Crippen LogP contribution in [0.25, 0.3) is 88.4 Å². The lowest BCUT2D eigenvalue weighted by atomic mass is 9.94. The van der Waals surface area contributed by atoms with Gasteiger partial charge in [0.2, 0.25) is 0 Å². The maximum absolute atomic E-state index is 14.8. The average molecular weight is 780 g/mol. The van der Waals surface area contributed by atoms with Crippen molar-refractivity contribution in [2.45, 2.75) is 6.18 Å². The van der Waals surface area contributed by atoms with Gasteiger partial charge in [-0.05, 0) is 94.5 Å². The molecule has 0 saturated heterocycles. The van der Waals surface area contributed by atoms with Gasteiger partial charge in [-0.1, -0.05) is 103 Å². The fraction of sp³-hybridized carbons (Fsp3) is 0.0192. The van der Waals surface area contributed by atoms with Crippen LogP contribution in [0.2, 0.25) is 0 Å². The molecule has 8 heteroatoms. The van der Waals surface area contributed by atoms with Crippen LogP contribution < -0.4 is 0 Å². The number of alkyl halides is 3. The van der Waals surface area contributed by atoms with E-state index in [2.05, 4.69) is 51.6 Å². The summed E-state index contributed by atoms with van der Waals surface area (Å²) >= 11 is 0. The highest BCUT2D eigenvalue weighted by Crippen LogP contribution is 2.44. The minimum absolute atomic E-state index is 0.0821. The molecule has 2 aromatic heterocycles. The lowest BCUT2D eigenvalue weighted by Gasteiger charge is -2.21. The van der Waals surface area contributed by atoms with Gasteiger partial charge in [-0.25, -0.2) is 0 Å². The fourth-order valence-corrected chi connectivity index (χ4v) is 8.51. The summed E-state index contributed by atoms with van der Waals surface area (Å²) in [6.45, 7) is 0. The first kappa shape index (κ1) is 36.0. The van der Waals surface area contributed by atoms with Gasteiger partial charge in [0.15, 0.2) is 0 Å². The zero-order valence-corrected chi connectivity index (χ0v) is 31.5. The summed E-state index contributed by atoms with van der Waals surface area (Å²) in [5.74, 6) is 0. The standard InChI is InChI=1S/C52H28F3N5/c53-52(54,55)45-10-4-1-7-39(45)44-28-51(60-47-12-6-3-9-41(47)43-24-22-37(26-49(43)60)35-19-15-33(30-57)16-20-35)50(27-38(44)31-58)59-46-11-5-2-8-40(46)42-23-21-36(25-48(42)59)34-17-13-32(29-56)14-18-34/h1-28H. The Morgan fingerprint density at radius 3 is 1.30 bits per heavy atom. The topological polar surface area (TPSA) is 81.2 Å². The SMILES string of the molecule is N#Cc1ccc(-c2ccc3c4ccccc4n(-c4cc(C#N)c(-c5ccccc5C(F)(F)F)cc4-n4c5ccccc5c5ccc(-c6ccc(C#N)cc6)cc54)c3c2)cc1. The molecule has 0 unspecified atom stereocenters. The Bertz CT molecular complexity index is 3500. The number of nitriles is 3. The molecule has 5 nitrogen and oxygen atoms in total. The molecule has 0 aliphatic carbocycles. The second-order valence-electron chi connectivity index (χ2n) is 14.6. The molecule has 0 spiro atoms. The van der Waals surface area contributed by atoms with Crippen molar-refractivity contribution in [3.63, 3.8) is 0 Å². The molecule has 10 rings (SSSR count). The van der Waals surface area contributed by atoms with Crippen LogP contribution in [0, 0.1) is 34.0 Å². The molecule has 8 aromatic carbocycles. The number of fused-ring (bicyclic) bond motifs is 6. The Balaban J connectivity index is 1.35. The summed E-state index contributed by atoms with van der Waals surface area (Å²) in [6.07, 6.45) is -4.68. The van der Waals surface area contributed by atoms with Crippen molar-refractivity contribution in [2.24, 2.45) is 0 Å². The van der Waals surface area contributed by atoms with Crippen molar-refractivity contribution < 1.29 is 13.2 Å². The van der Waals surface area contributed by atoms with Gasteiger partial charge < -0.3 is 9.13 Å². The minimum atomic E-state index is -4.68. The first-order valence-corrected chi connectivity index (χ1v) is 19.1. The molecule has 0 aliphatic heterocycles. The Labute approximate surface area is 341 Å². The molecule has 282 valence electrons. The van der Waals surface area contributed by atoms with Crippen molar-refractivity contribution in [2.75, 3.05) is 0 Å². The molecular weight excluding hydrogens is 752 g/mol. The van der Waals surface area contributed by atoms with Crippen LogP contribution in [0.15, 0.2) is 170 Å². The number of rotatable bonds is 5. The van der Waals surface area contributed by atoms with E-state index in [9.17, 15) is 29.0 Å². The van der Waals surface area contributed by atoms with E-state index in [1.54, 1.807) is 42.5 Å². The third kappa shape index (κ3) is 5.77. The van der Waals surface area contributed by atoms with Crippen LogP contribution in [0.1, 0.15) is 22.3 Å². The summed E-state index contributed by atoms with van der Waals surface area (Å²) in [5.41, 5.74) is 8.42. The minimum Gasteiger partial charge on any atom is -0.307 e. The zero-order chi connectivity index (χ0) is 41.1. The van der Waals surface area contributed by atoms with Gasteiger partial charge in [-0.15, -0.1) is 0 Å². The van der Waals surface area contributed by atoms with Gasteiger partial charge in [0.05, 0.1) is 73.9 Å². The van der Waals surface area contributed by atoms with Gasteiger partial charge in [0.1, 0.15) is 0 Å². The molecule has 0 atom stereocenters. The summed E-state index contributed by atoms with van der Waals surface area (Å²) in [5, 5.41) is 33.5. The Morgan fingerprint density at radius 1 is 0.383 bits per heavy atom. The lowest BCUT2D eigenvalue weighted by Crippen LogP contribution is -2.09. The van der Waals surface area contributed by atoms with Crippen LogP contribution >= 0.6 is 0 Å².